The first-order chi connectivity index (χ1) is 9.47. The summed E-state index contributed by atoms with van der Waals surface area (Å²) in [4.78, 5) is 25.6. The number of imide groups is 1. The van der Waals surface area contributed by atoms with E-state index in [1.807, 2.05) is 12.1 Å². The Labute approximate surface area is 141 Å². The molecule has 1 saturated carbocycles. The first-order valence-corrected chi connectivity index (χ1v) is 8.62. The number of carbonyl (C=O) groups excluding carboxylic acids is 2. The Morgan fingerprint density at radius 3 is 2.25 bits per heavy atom. The smallest absolute Gasteiger partial charge is 0.252 e. The van der Waals surface area contributed by atoms with E-state index in [9.17, 15) is 9.59 Å². The fourth-order valence-corrected chi connectivity index (χ4v) is 4.82. The van der Waals surface area contributed by atoms with E-state index in [0.29, 0.717) is 0 Å². The van der Waals surface area contributed by atoms with Crippen LogP contribution in [0.1, 0.15) is 19.3 Å². The van der Waals surface area contributed by atoms with Crippen molar-refractivity contribution in [2.75, 3.05) is 5.32 Å². The Morgan fingerprint density at radius 2 is 1.70 bits per heavy atom. The van der Waals surface area contributed by atoms with E-state index in [4.69, 9.17) is 0 Å². The largest absolute Gasteiger partial charge is 0.371 e. The highest BCUT2D eigenvalue weighted by Crippen LogP contribution is 2.37. The predicted octanol–water partition coefficient (Wildman–Crippen LogP) is 3.68. The molecular formula is C13H11Br3N2O2. The van der Waals surface area contributed by atoms with Crippen LogP contribution in [0.15, 0.2) is 25.6 Å². The third-order valence-electron chi connectivity index (χ3n) is 3.42. The average Bonchev–Trinajstić information content (AvgIpc) is 3.12. The molecule has 3 rings (SSSR count). The lowest BCUT2D eigenvalue weighted by molar-refractivity contribution is -0.139. The molecule has 1 atom stereocenters. The number of nitrogens with one attached hydrogen (secondary N) is 1. The van der Waals surface area contributed by atoms with Crippen LogP contribution in [-0.2, 0) is 9.59 Å². The number of anilines is 1. The second-order valence-corrected chi connectivity index (χ2v) is 7.60. The maximum atomic E-state index is 12.3. The molecule has 0 radical (unpaired) electrons. The van der Waals surface area contributed by atoms with E-state index in [0.717, 1.165) is 31.9 Å². The van der Waals surface area contributed by atoms with E-state index < -0.39 is 6.04 Å². The van der Waals surface area contributed by atoms with Gasteiger partial charge in [-0.2, -0.15) is 0 Å². The van der Waals surface area contributed by atoms with Gasteiger partial charge in [0.25, 0.3) is 5.91 Å². The number of amides is 2. The van der Waals surface area contributed by atoms with E-state index in [1.54, 1.807) is 0 Å². The molecule has 0 bridgehead atoms. The Balaban J connectivity index is 1.82. The van der Waals surface area contributed by atoms with Gasteiger partial charge in [0.05, 0.1) is 12.1 Å². The number of carbonyl (C=O) groups is 2. The van der Waals surface area contributed by atoms with E-state index in [2.05, 4.69) is 53.1 Å². The van der Waals surface area contributed by atoms with Gasteiger partial charge in [-0.1, -0.05) is 15.9 Å². The van der Waals surface area contributed by atoms with Gasteiger partial charge >= 0.3 is 0 Å². The highest BCUT2D eigenvalue weighted by molar-refractivity contribution is 9.11. The topological polar surface area (TPSA) is 49.4 Å². The van der Waals surface area contributed by atoms with Crippen LogP contribution in [0.2, 0.25) is 0 Å². The van der Waals surface area contributed by atoms with Gasteiger partial charge in [-0.05, 0) is 56.8 Å². The minimum Gasteiger partial charge on any atom is -0.371 e. The van der Waals surface area contributed by atoms with Crippen LogP contribution in [0.25, 0.3) is 0 Å². The molecule has 1 heterocycles. The van der Waals surface area contributed by atoms with Crippen LogP contribution < -0.4 is 5.32 Å². The van der Waals surface area contributed by atoms with Crippen molar-refractivity contribution in [1.29, 1.82) is 0 Å². The van der Waals surface area contributed by atoms with Crippen molar-refractivity contribution in [3.05, 3.63) is 25.6 Å². The zero-order valence-electron chi connectivity index (χ0n) is 10.3. The molecule has 106 valence electrons. The number of benzene rings is 1. The fraction of sp³-hybridized carbons (Fsp3) is 0.385. The standard InChI is InChI=1S/C13H11Br3N2O2/c14-6-3-8(15)12(9(16)4-6)17-10-5-11(19)18(13(10)20)7-1-2-7/h3-4,7,10,17H,1-2,5H2. The van der Waals surface area contributed by atoms with Gasteiger partial charge in [-0.3, -0.25) is 14.5 Å². The molecule has 4 nitrogen and oxygen atoms in total. The lowest BCUT2D eigenvalue weighted by atomic mass is 10.2. The van der Waals surface area contributed by atoms with Gasteiger partial charge in [0.2, 0.25) is 5.91 Å². The summed E-state index contributed by atoms with van der Waals surface area (Å²) in [5.41, 5.74) is 0.789. The molecule has 1 aliphatic heterocycles. The molecule has 0 spiro atoms. The molecule has 1 aromatic rings. The zero-order valence-corrected chi connectivity index (χ0v) is 15.1. The van der Waals surface area contributed by atoms with Gasteiger partial charge in [0, 0.05) is 19.5 Å². The summed E-state index contributed by atoms with van der Waals surface area (Å²) in [6.45, 7) is 0. The molecule has 1 N–H and O–H groups in total. The zero-order chi connectivity index (χ0) is 14.4. The minimum atomic E-state index is -0.475. The van der Waals surface area contributed by atoms with Crippen LogP contribution in [0.4, 0.5) is 5.69 Å². The number of hydrogen-bond donors (Lipinski definition) is 1. The Bertz CT molecular complexity index is 578. The number of nitrogens with zero attached hydrogens (tertiary/aromatic N) is 1. The van der Waals surface area contributed by atoms with E-state index >= 15 is 0 Å². The maximum absolute atomic E-state index is 12.3. The Hall–Kier alpha value is -0.400. The minimum absolute atomic E-state index is 0.0700. The van der Waals surface area contributed by atoms with Crippen molar-refractivity contribution in [3.63, 3.8) is 0 Å². The monoisotopic (exact) mass is 464 g/mol. The number of rotatable bonds is 3. The van der Waals surface area contributed by atoms with Gasteiger partial charge in [-0.15, -0.1) is 0 Å². The molecular weight excluding hydrogens is 456 g/mol. The van der Waals surface area contributed by atoms with Crippen molar-refractivity contribution < 1.29 is 9.59 Å². The van der Waals surface area contributed by atoms with E-state index in [-0.39, 0.29) is 24.3 Å². The summed E-state index contributed by atoms with van der Waals surface area (Å²) in [7, 11) is 0. The highest BCUT2D eigenvalue weighted by atomic mass is 79.9. The Kier molecular flexibility index (Phi) is 3.94. The molecule has 1 aliphatic carbocycles. The van der Waals surface area contributed by atoms with Crippen LogP contribution in [0.5, 0.6) is 0 Å². The lowest BCUT2D eigenvalue weighted by Crippen LogP contribution is -2.36. The molecule has 1 unspecified atom stereocenters. The molecule has 1 saturated heterocycles. The van der Waals surface area contributed by atoms with Crippen LogP contribution >= 0.6 is 47.8 Å². The van der Waals surface area contributed by atoms with E-state index in [1.165, 1.54) is 4.90 Å². The average molecular weight is 467 g/mol. The van der Waals surface area contributed by atoms with Gasteiger partial charge in [-0.25, -0.2) is 0 Å². The molecule has 20 heavy (non-hydrogen) atoms. The molecule has 0 aromatic heterocycles. The number of likely N-dealkylation sites (tertiary alicyclic amines) is 1. The van der Waals surface area contributed by atoms with Crippen molar-refractivity contribution in [2.45, 2.75) is 31.3 Å². The lowest BCUT2D eigenvalue weighted by Gasteiger charge is -2.17. The second-order valence-electron chi connectivity index (χ2n) is 4.98. The normalized spacial score (nSPS) is 22.6. The summed E-state index contributed by atoms with van der Waals surface area (Å²) in [5, 5.41) is 3.17. The highest BCUT2D eigenvalue weighted by Gasteiger charge is 2.46. The summed E-state index contributed by atoms with van der Waals surface area (Å²) in [5.74, 6) is -0.182. The first-order valence-electron chi connectivity index (χ1n) is 6.24. The molecule has 1 aromatic carbocycles. The Morgan fingerprint density at radius 1 is 1.10 bits per heavy atom. The van der Waals surface area contributed by atoms with Crippen molar-refractivity contribution in [3.8, 4) is 0 Å². The van der Waals surface area contributed by atoms with Crippen molar-refractivity contribution in [1.82, 2.24) is 4.90 Å². The third kappa shape index (κ3) is 2.67. The fourth-order valence-electron chi connectivity index (χ4n) is 2.33. The quantitative estimate of drug-likeness (QED) is 0.691. The van der Waals surface area contributed by atoms with Crippen LogP contribution in [-0.4, -0.2) is 28.8 Å². The van der Waals surface area contributed by atoms with Gasteiger partial charge in [0.15, 0.2) is 0 Å². The molecule has 2 aliphatic rings. The molecule has 7 heteroatoms. The predicted molar refractivity (Wildman–Crippen MR) is 86.4 cm³/mol. The number of halogens is 3. The van der Waals surface area contributed by atoms with Crippen LogP contribution in [0.3, 0.4) is 0 Å². The molecule has 2 fully saturated rings. The second kappa shape index (κ2) is 5.42. The number of hydrogen-bond acceptors (Lipinski definition) is 3. The van der Waals surface area contributed by atoms with Gasteiger partial charge in [0.1, 0.15) is 6.04 Å². The third-order valence-corrected chi connectivity index (χ3v) is 5.13. The summed E-state index contributed by atoms with van der Waals surface area (Å²) in [6.07, 6.45) is 2.11. The molecule has 2 amide bonds. The van der Waals surface area contributed by atoms with Crippen LogP contribution in [0, 0.1) is 0 Å². The maximum Gasteiger partial charge on any atom is 0.252 e. The summed E-state index contributed by atoms with van der Waals surface area (Å²) < 4.78 is 2.60. The van der Waals surface area contributed by atoms with Crippen molar-refractivity contribution in [2.24, 2.45) is 0 Å². The first kappa shape index (κ1) is 14.5. The van der Waals surface area contributed by atoms with Crippen molar-refractivity contribution >= 4 is 65.3 Å². The SMILES string of the molecule is O=C1CC(Nc2c(Br)cc(Br)cc2Br)C(=O)N1C1CC1. The summed E-state index contributed by atoms with van der Waals surface area (Å²) in [6, 6.07) is 3.45. The summed E-state index contributed by atoms with van der Waals surface area (Å²) >= 11 is 10.3. The van der Waals surface area contributed by atoms with Gasteiger partial charge < -0.3 is 5.32 Å².